The second-order valence-electron chi connectivity index (χ2n) is 17.0. The molecule has 8 heterocycles. The van der Waals surface area contributed by atoms with E-state index in [1.54, 1.807) is 19.0 Å². The van der Waals surface area contributed by atoms with E-state index in [9.17, 15) is 0 Å². The number of hydrogen-bond acceptors (Lipinski definition) is 16. The second kappa shape index (κ2) is 19.4. The van der Waals surface area contributed by atoms with Crippen LogP contribution in [0.1, 0.15) is 124 Å². The van der Waals surface area contributed by atoms with Gasteiger partial charge in [-0.3, -0.25) is 0 Å². The first-order valence-electron chi connectivity index (χ1n) is 17.8. The van der Waals surface area contributed by atoms with Gasteiger partial charge in [-0.2, -0.15) is 0 Å². The Morgan fingerprint density at radius 3 is 1.67 bits per heavy atom. The Kier molecular flexibility index (Phi) is 16.7. The van der Waals surface area contributed by atoms with Crippen LogP contribution >= 0.6 is 0 Å². The number of nitrogens with one attached hydrogen (secondary N) is 4. The third kappa shape index (κ3) is 12.2. The van der Waals surface area contributed by atoms with E-state index in [1.807, 2.05) is 25.3 Å². The lowest BCUT2D eigenvalue weighted by atomic mass is 9.96. The average molecular weight is 829 g/mol. The van der Waals surface area contributed by atoms with E-state index in [2.05, 4.69) is 142 Å². The zero-order chi connectivity index (χ0) is 41.2. The highest BCUT2D eigenvalue weighted by Crippen LogP contribution is 2.25. The number of hydrogen-bond donors (Lipinski definition) is 7. The zero-order valence-electron chi connectivity index (χ0n) is 34.0. The average Bonchev–Trinajstić information content (AvgIpc) is 3.90. The Morgan fingerprint density at radius 1 is 0.533 bits per heavy atom. The highest BCUT2D eigenvalue weighted by Gasteiger charge is 2.21. The molecule has 0 aliphatic carbocycles. The molecule has 0 radical (unpaired) electrons. The van der Waals surface area contributed by atoms with Gasteiger partial charge in [0.15, 0.2) is 45.9 Å². The largest absolute Gasteiger partial charge is 0.382 e. The van der Waals surface area contributed by atoms with E-state index < -0.39 is 0 Å². The third-order valence-corrected chi connectivity index (χ3v) is 7.81. The van der Waals surface area contributed by atoms with Crippen molar-refractivity contribution in [3.05, 3.63) is 49.6 Å². The summed E-state index contributed by atoms with van der Waals surface area (Å²) in [6, 6.07) is 0. The highest BCUT2D eigenvalue weighted by molar-refractivity contribution is 5.83. The second-order valence-corrected chi connectivity index (χ2v) is 17.0. The Hall–Kier alpha value is -6.60. The number of anilines is 4. The van der Waals surface area contributed by atoms with Gasteiger partial charge in [-0.25, -0.2) is 59.8 Å². The van der Waals surface area contributed by atoms with Gasteiger partial charge in [-0.1, -0.05) is 71.2 Å². The number of nitrogens with two attached hydrogens (primary N) is 3. The fourth-order valence-corrected chi connectivity index (χ4v) is 4.95. The van der Waals surface area contributed by atoms with Crippen molar-refractivity contribution >= 4 is 67.9 Å². The molecule has 0 bridgehead atoms. The van der Waals surface area contributed by atoms with Crippen molar-refractivity contribution in [3.8, 4) is 0 Å². The summed E-state index contributed by atoms with van der Waals surface area (Å²) in [5, 5.41) is 3.29. The maximum Gasteiger partial charge on any atom is 0.183 e. The number of imidazole rings is 4. The van der Waals surface area contributed by atoms with Crippen LogP contribution in [0.3, 0.4) is 0 Å². The lowest BCUT2D eigenvalue weighted by Crippen LogP contribution is -2.26. The van der Waals surface area contributed by atoms with Crippen molar-refractivity contribution in [2.24, 2.45) is 0 Å². The standard InChI is InChI=1S/4C9H13N5.4CH4/c1-9(2,3)14-5-13-6-7(10)11-4-12-8(6)14;1-9(2,3)14-8-6-7(11-4-10-6)12-5-13-8;1-9(2,3)8-13-5-6(10)11-4-12-7(5)14-8;1-9(2,3)8-13-6(10)5-7(14-8)12-4-11-5;;;;/h4-5H,1-3H3,(H2,10,11,12);4-5H,1-3H3,(H2,10,11,12,13,14);2*4H,1-3H3,(H3,10,11,12,13,14);4*1H4. The van der Waals surface area contributed by atoms with Crippen LogP contribution in [-0.4, -0.2) is 84.9 Å². The zero-order valence-corrected chi connectivity index (χ0v) is 34.0. The van der Waals surface area contributed by atoms with E-state index in [4.69, 9.17) is 17.2 Å². The summed E-state index contributed by atoms with van der Waals surface area (Å²) in [6.45, 7) is 24.9. The SMILES string of the molecule is C.C.C.C.CC(C)(C)Nc1ncnc2nc[nH]c12.CC(C)(C)c1nc(N)c2[nH]cnc2n1.CC(C)(C)c1nc2ncnc(N)c2[nH]1.CC(C)(C)n1cnc2c(N)ncnc21. The van der Waals surface area contributed by atoms with Crippen LogP contribution in [0.5, 0.6) is 0 Å². The predicted octanol–water partition coefficient (Wildman–Crippen LogP) is 7.74. The topological polar surface area (TPSA) is 297 Å². The van der Waals surface area contributed by atoms with Crippen LogP contribution in [-0.2, 0) is 16.4 Å². The Bertz CT molecular complexity index is 2540. The van der Waals surface area contributed by atoms with E-state index in [-0.39, 0.29) is 51.6 Å². The minimum atomic E-state index is -0.110. The van der Waals surface area contributed by atoms with Gasteiger partial charge >= 0.3 is 0 Å². The molecule has 328 valence electrons. The molecule has 0 amide bonds. The number of rotatable bonds is 1. The number of aromatic amines is 3. The summed E-state index contributed by atoms with van der Waals surface area (Å²) < 4.78 is 1.99. The molecule has 0 spiro atoms. The number of H-pyrrole nitrogens is 3. The minimum absolute atomic E-state index is 0. The van der Waals surface area contributed by atoms with Crippen molar-refractivity contribution in [3.63, 3.8) is 0 Å². The van der Waals surface area contributed by atoms with Crippen LogP contribution < -0.4 is 22.5 Å². The fourth-order valence-electron chi connectivity index (χ4n) is 4.95. The van der Waals surface area contributed by atoms with Gasteiger partial charge < -0.3 is 42.0 Å². The van der Waals surface area contributed by atoms with Crippen LogP contribution in [0.2, 0.25) is 0 Å². The first kappa shape index (κ1) is 51.4. The van der Waals surface area contributed by atoms with Crippen molar-refractivity contribution in [1.82, 2.24) is 79.3 Å². The van der Waals surface area contributed by atoms with E-state index >= 15 is 0 Å². The maximum absolute atomic E-state index is 5.78. The van der Waals surface area contributed by atoms with E-state index in [0.29, 0.717) is 45.4 Å². The minimum Gasteiger partial charge on any atom is -0.382 e. The van der Waals surface area contributed by atoms with Crippen molar-refractivity contribution in [2.45, 2.75) is 135 Å². The van der Waals surface area contributed by atoms with Crippen LogP contribution in [0.25, 0.3) is 44.7 Å². The van der Waals surface area contributed by atoms with Gasteiger partial charge in [0.05, 0.1) is 19.0 Å². The van der Waals surface area contributed by atoms with Gasteiger partial charge in [0.1, 0.15) is 52.7 Å². The highest BCUT2D eigenvalue weighted by atomic mass is 15.2. The monoisotopic (exact) mass is 829 g/mol. The van der Waals surface area contributed by atoms with E-state index in [0.717, 1.165) is 34.1 Å². The normalized spacial score (nSPS) is 11.3. The first-order chi connectivity index (χ1) is 26.0. The van der Waals surface area contributed by atoms with Crippen molar-refractivity contribution < 1.29 is 0 Å². The molecule has 0 saturated heterocycles. The third-order valence-electron chi connectivity index (χ3n) is 7.81. The van der Waals surface area contributed by atoms with Gasteiger partial charge in [0, 0.05) is 21.9 Å². The number of fused-ring (bicyclic) bond motifs is 4. The molecule has 0 fully saturated rings. The molecule has 20 nitrogen and oxygen atoms in total. The maximum atomic E-state index is 5.78. The molecule has 60 heavy (non-hydrogen) atoms. The number of nitrogens with zero attached hydrogens (tertiary/aromatic N) is 13. The Balaban J connectivity index is 0.000000391. The summed E-state index contributed by atoms with van der Waals surface area (Å²) >= 11 is 0. The molecule has 10 N–H and O–H groups in total. The summed E-state index contributed by atoms with van der Waals surface area (Å²) in [5.41, 5.74) is 22.6. The van der Waals surface area contributed by atoms with Crippen molar-refractivity contribution in [1.29, 1.82) is 0 Å². The Morgan fingerprint density at radius 2 is 1.08 bits per heavy atom. The lowest BCUT2D eigenvalue weighted by molar-refractivity contribution is 0.406. The van der Waals surface area contributed by atoms with Crippen molar-refractivity contribution in [2.75, 3.05) is 22.5 Å². The van der Waals surface area contributed by atoms with Gasteiger partial charge in [-0.05, 0) is 41.5 Å². The fraction of sp³-hybridized carbons (Fsp3) is 0.500. The van der Waals surface area contributed by atoms with Gasteiger partial charge in [0.25, 0.3) is 0 Å². The molecule has 8 aromatic rings. The van der Waals surface area contributed by atoms with E-state index in [1.165, 1.54) is 19.0 Å². The molecule has 0 aliphatic heterocycles. The Labute approximate surface area is 353 Å². The molecule has 8 aromatic heterocycles. The summed E-state index contributed by atoms with van der Waals surface area (Å²) in [4.78, 5) is 58.5. The summed E-state index contributed by atoms with van der Waals surface area (Å²) in [7, 11) is 0. The molecule has 0 saturated carbocycles. The summed E-state index contributed by atoms with van der Waals surface area (Å²) in [5.74, 6) is 3.71. The molecule has 8 rings (SSSR count). The van der Waals surface area contributed by atoms with Crippen LogP contribution in [0, 0.1) is 0 Å². The van der Waals surface area contributed by atoms with Gasteiger partial charge in [-0.15, -0.1) is 0 Å². The molecule has 0 aliphatic rings. The first-order valence-corrected chi connectivity index (χ1v) is 17.8. The number of nitrogen functional groups attached to an aromatic ring is 3. The predicted molar refractivity (Wildman–Crippen MR) is 246 cm³/mol. The molecule has 20 heteroatoms. The van der Waals surface area contributed by atoms with Crippen LogP contribution in [0.15, 0.2) is 38.0 Å². The summed E-state index contributed by atoms with van der Waals surface area (Å²) in [6.07, 6.45) is 9.33. The lowest BCUT2D eigenvalue weighted by Gasteiger charge is -2.21. The molecule has 0 atom stereocenters. The molecular formula is C40H68N20. The van der Waals surface area contributed by atoms with Gasteiger partial charge in [0.2, 0.25) is 0 Å². The number of aromatic nitrogens is 16. The molecular weight excluding hydrogens is 761 g/mol. The smallest absolute Gasteiger partial charge is 0.183 e. The molecule has 0 unspecified atom stereocenters. The van der Waals surface area contributed by atoms with Crippen LogP contribution in [0.4, 0.5) is 23.3 Å². The quantitative estimate of drug-likeness (QED) is 0.0832. The molecule has 0 aromatic carbocycles.